The molecule has 0 aromatic carbocycles. The van der Waals surface area contributed by atoms with Crippen LogP contribution in [0.15, 0.2) is 4.52 Å². The van der Waals surface area contributed by atoms with Crippen LogP contribution >= 0.6 is 0 Å². The van der Waals surface area contributed by atoms with Crippen LogP contribution < -0.4 is 5.73 Å². The molecule has 0 spiro atoms. The van der Waals surface area contributed by atoms with Crippen molar-refractivity contribution in [2.45, 2.75) is 32.7 Å². The third-order valence-corrected chi connectivity index (χ3v) is 1.44. The van der Waals surface area contributed by atoms with Crippen LogP contribution in [0.3, 0.4) is 0 Å². The summed E-state index contributed by atoms with van der Waals surface area (Å²) in [6, 6.07) is 0. The van der Waals surface area contributed by atoms with Gasteiger partial charge in [-0.1, -0.05) is 18.5 Å². The van der Waals surface area contributed by atoms with E-state index < -0.39 is 0 Å². The summed E-state index contributed by atoms with van der Waals surface area (Å²) in [7, 11) is 0. The maximum atomic E-state index is 5.31. The zero-order chi connectivity index (χ0) is 8.10. The Kier molecular flexibility index (Phi) is 3.04. The number of hydrogen-bond acceptors (Lipinski definition) is 4. The van der Waals surface area contributed by atoms with Crippen molar-refractivity contribution in [1.29, 1.82) is 0 Å². The lowest BCUT2D eigenvalue weighted by Gasteiger charge is -1.87. The lowest BCUT2D eigenvalue weighted by Crippen LogP contribution is -1.98. The molecule has 4 heteroatoms. The highest BCUT2D eigenvalue weighted by atomic mass is 16.5. The molecular formula is C7H13N3O. The van der Waals surface area contributed by atoms with Crippen molar-refractivity contribution >= 4 is 0 Å². The van der Waals surface area contributed by atoms with E-state index >= 15 is 0 Å². The van der Waals surface area contributed by atoms with E-state index in [1.54, 1.807) is 0 Å². The highest BCUT2D eigenvalue weighted by Gasteiger charge is 2.02. The number of nitrogens with zero attached hydrogens (tertiary/aromatic N) is 2. The fourth-order valence-corrected chi connectivity index (χ4v) is 0.803. The van der Waals surface area contributed by atoms with Crippen LogP contribution in [0.4, 0.5) is 0 Å². The number of nitrogens with two attached hydrogens (primary N) is 1. The number of unbranched alkanes of at least 4 members (excludes halogenated alkanes) is 1. The van der Waals surface area contributed by atoms with Crippen molar-refractivity contribution in [3.8, 4) is 0 Å². The molecule has 1 aromatic heterocycles. The molecule has 1 rings (SSSR count). The summed E-state index contributed by atoms with van der Waals surface area (Å²) in [5, 5.41) is 3.68. The van der Waals surface area contributed by atoms with Crippen LogP contribution in [-0.2, 0) is 13.0 Å². The Morgan fingerprint density at radius 3 is 2.91 bits per heavy atom. The molecule has 11 heavy (non-hydrogen) atoms. The fourth-order valence-electron chi connectivity index (χ4n) is 0.803. The summed E-state index contributed by atoms with van der Waals surface area (Å²) in [5.74, 6) is 1.29. The molecular weight excluding hydrogens is 142 g/mol. The second kappa shape index (κ2) is 4.08. The highest BCUT2D eigenvalue weighted by Crippen LogP contribution is 2.01. The van der Waals surface area contributed by atoms with E-state index in [0.29, 0.717) is 18.3 Å². The summed E-state index contributed by atoms with van der Waals surface area (Å²) in [6.45, 7) is 2.48. The molecule has 1 aromatic rings. The first-order valence-corrected chi connectivity index (χ1v) is 3.88. The molecule has 0 radical (unpaired) electrons. The van der Waals surface area contributed by atoms with Crippen LogP contribution in [0.25, 0.3) is 0 Å². The number of rotatable bonds is 4. The molecule has 0 aliphatic heterocycles. The van der Waals surface area contributed by atoms with Gasteiger partial charge in [-0.3, -0.25) is 0 Å². The smallest absolute Gasteiger partial charge is 0.226 e. The van der Waals surface area contributed by atoms with Gasteiger partial charge in [0, 0.05) is 6.42 Å². The van der Waals surface area contributed by atoms with Gasteiger partial charge in [0.2, 0.25) is 5.89 Å². The predicted octanol–water partition coefficient (Wildman–Crippen LogP) is 0.871. The van der Waals surface area contributed by atoms with Crippen LogP contribution in [0.2, 0.25) is 0 Å². The normalized spacial score (nSPS) is 10.4. The Balaban J connectivity index is 2.44. The van der Waals surface area contributed by atoms with Gasteiger partial charge >= 0.3 is 0 Å². The average molecular weight is 155 g/mol. The standard InChI is InChI=1S/C7H13N3O/c1-2-3-4-7-9-6(5-8)10-11-7/h2-5,8H2,1H3. The second-order valence-electron chi connectivity index (χ2n) is 2.41. The van der Waals surface area contributed by atoms with Gasteiger partial charge in [-0.15, -0.1) is 0 Å². The second-order valence-corrected chi connectivity index (χ2v) is 2.41. The zero-order valence-corrected chi connectivity index (χ0v) is 6.71. The average Bonchev–Trinajstić information content (AvgIpc) is 2.48. The lowest BCUT2D eigenvalue weighted by atomic mass is 10.2. The van der Waals surface area contributed by atoms with Crippen molar-refractivity contribution in [3.63, 3.8) is 0 Å². The van der Waals surface area contributed by atoms with Gasteiger partial charge in [0.1, 0.15) is 0 Å². The fraction of sp³-hybridized carbons (Fsp3) is 0.714. The maximum absolute atomic E-state index is 5.31. The third-order valence-electron chi connectivity index (χ3n) is 1.44. The quantitative estimate of drug-likeness (QED) is 0.700. The van der Waals surface area contributed by atoms with Crippen LogP contribution in [-0.4, -0.2) is 10.1 Å². The molecule has 0 fully saturated rings. The zero-order valence-electron chi connectivity index (χ0n) is 6.71. The van der Waals surface area contributed by atoms with Gasteiger partial charge in [-0.05, 0) is 6.42 Å². The van der Waals surface area contributed by atoms with Crippen LogP contribution in [0.5, 0.6) is 0 Å². The van der Waals surface area contributed by atoms with Crippen LogP contribution in [0.1, 0.15) is 31.5 Å². The summed E-state index contributed by atoms with van der Waals surface area (Å²) >= 11 is 0. The minimum atomic E-state index is 0.357. The molecule has 0 saturated heterocycles. The van der Waals surface area contributed by atoms with Crippen molar-refractivity contribution in [1.82, 2.24) is 10.1 Å². The first-order valence-electron chi connectivity index (χ1n) is 3.88. The molecule has 0 saturated carbocycles. The maximum Gasteiger partial charge on any atom is 0.226 e. The summed E-state index contributed by atoms with van der Waals surface area (Å²) in [5.41, 5.74) is 5.31. The number of hydrogen-bond donors (Lipinski definition) is 1. The molecule has 0 aliphatic rings. The summed E-state index contributed by atoms with van der Waals surface area (Å²) in [4.78, 5) is 4.06. The Bertz CT molecular complexity index is 209. The largest absolute Gasteiger partial charge is 0.339 e. The van der Waals surface area contributed by atoms with Crippen molar-refractivity contribution in [2.24, 2.45) is 5.73 Å². The van der Waals surface area contributed by atoms with Crippen molar-refractivity contribution in [3.05, 3.63) is 11.7 Å². The Morgan fingerprint density at radius 1 is 1.55 bits per heavy atom. The molecule has 0 atom stereocenters. The van der Waals surface area contributed by atoms with E-state index in [2.05, 4.69) is 17.1 Å². The van der Waals surface area contributed by atoms with Gasteiger partial charge in [-0.2, -0.15) is 4.98 Å². The molecule has 1 heterocycles. The van der Waals surface area contributed by atoms with E-state index in [0.717, 1.165) is 19.3 Å². The van der Waals surface area contributed by atoms with E-state index in [4.69, 9.17) is 10.3 Å². The Morgan fingerprint density at radius 2 is 2.36 bits per heavy atom. The van der Waals surface area contributed by atoms with Gasteiger partial charge < -0.3 is 10.3 Å². The van der Waals surface area contributed by atoms with E-state index in [-0.39, 0.29) is 0 Å². The van der Waals surface area contributed by atoms with Gasteiger partial charge in [0.25, 0.3) is 0 Å². The minimum absolute atomic E-state index is 0.357. The van der Waals surface area contributed by atoms with Gasteiger partial charge in [0.15, 0.2) is 5.82 Å². The van der Waals surface area contributed by atoms with Gasteiger partial charge in [-0.25, -0.2) is 0 Å². The first kappa shape index (κ1) is 8.20. The molecule has 0 aliphatic carbocycles. The Labute approximate surface area is 65.8 Å². The number of aromatic nitrogens is 2. The molecule has 2 N–H and O–H groups in total. The SMILES string of the molecule is CCCCc1nc(CN)no1. The number of aryl methyl sites for hydroxylation is 1. The molecule has 0 unspecified atom stereocenters. The minimum Gasteiger partial charge on any atom is -0.339 e. The van der Waals surface area contributed by atoms with E-state index in [1.165, 1.54) is 0 Å². The first-order chi connectivity index (χ1) is 5.36. The Hall–Kier alpha value is -0.900. The van der Waals surface area contributed by atoms with E-state index in [1.807, 2.05) is 0 Å². The van der Waals surface area contributed by atoms with Crippen molar-refractivity contribution in [2.75, 3.05) is 0 Å². The molecule has 62 valence electrons. The summed E-state index contributed by atoms with van der Waals surface area (Å²) in [6.07, 6.45) is 3.09. The van der Waals surface area contributed by atoms with Crippen LogP contribution in [0, 0.1) is 0 Å². The summed E-state index contributed by atoms with van der Waals surface area (Å²) < 4.78 is 4.92. The topological polar surface area (TPSA) is 64.9 Å². The molecule has 0 bridgehead atoms. The van der Waals surface area contributed by atoms with Gasteiger partial charge in [0.05, 0.1) is 6.54 Å². The third kappa shape index (κ3) is 2.31. The monoisotopic (exact) mass is 155 g/mol. The lowest BCUT2D eigenvalue weighted by molar-refractivity contribution is 0.370. The highest BCUT2D eigenvalue weighted by molar-refractivity contribution is 4.84. The van der Waals surface area contributed by atoms with Crippen molar-refractivity contribution < 1.29 is 4.52 Å². The molecule has 0 amide bonds. The van der Waals surface area contributed by atoms with E-state index in [9.17, 15) is 0 Å². The predicted molar refractivity (Wildman–Crippen MR) is 40.8 cm³/mol. The molecule has 4 nitrogen and oxygen atoms in total.